The van der Waals surface area contributed by atoms with E-state index in [1.54, 1.807) is 25.2 Å². The molecule has 4 rings (SSSR count). The zero-order valence-corrected chi connectivity index (χ0v) is 21.8. The molecule has 1 saturated heterocycles. The third-order valence-electron chi connectivity index (χ3n) is 6.59. The Morgan fingerprint density at radius 3 is 2.54 bits per heavy atom. The van der Waals surface area contributed by atoms with E-state index in [-0.39, 0.29) is 18.7 Å². The monoisotopic (exact) mass is 518 g/mol. The lowest BCUT2D eigenvalue weighted by Gasteiger charge is -2.35. The predicted octanol–water partition coefficient (Wildman–Crippen LogP) is 3.42. The minimum absolute atomic E-state index is 0.159. The minimum Gasteiger partial charge on any atom is -0.350 e. The SMILES string of the molecule is Cc1ncsc1-c1ccc(CNC(=O)[C@@H]2CCCN2C(=O)C(NC(=O)C2(F)CC2)C(C)(C)S)cc1. The molecule has 1 aliphatic heterocycles. The summed E-state index contributed by atoms with van der Waals surface area (Å²) in [4.78, 5) is 45.6. The van der Waals surface area contributed by atoms with Crippen molar-refractivity contribution in [2.24, 2.45) is 0 Å². The van der Waals surface area contributed by atoms with E-state index >= 15 is 0 Å². The first-order valence-electron chi connectivity index (χ1n) is 11.8. The molecule has 0 radical (unpaired) electrons. The number of benzene rings is 1. The molecule has 2 N–H and O–H groups in total. The van der Waals surface area contributed by atoms with E-state index in [2.05, 4.69) is 28.2 Å². The van der Waals surface area contributed by atoms with Crippen molar-refractivity contribution in [2.45, 2.75) is 75.5 Å². The molecule has 1 unspecified atom stereocenters. The highest BCUT2D eigenvalue weighted by Crippen LogP contribution is 2.40. The molecule has 35 heavy (non-hydrogen) atoms. The van der Waals surface area contributed by atoms with Crippen LogP contribution in [0.3, 0.4) is 0 Å². The fraction of sp³-hybridized carbons (Fsp3) is 0.520. The molecule has 2 aliphatic rings. The number of rotatable bonds is 8. The Balaban J connectivity index is 1.39. The zero-order valence-electron chi connectivity index (χ0n) is 20.1. The number of carbonyl (C=O) groups excluding carboxylic acids is 3. The highest BCUT2D eigenvalue weighted by molar-refractivity contribution is 7.81. The zero-order chi connectivity index (χ0) is 25.4. The lowest BCUT2D eigenvalue weighted by molar-refractivity contribution is -0.142. The Bertz CT molecular complexity index is 1110. The maximum absolute atomic E-state index is 14.2. The van der Waals surface area contributed by atoms with Gasteiger partial charge in [0.2, 0.25) is 11.8 Å². The molecular formula is C25H31FN4O3S2. The number of likely N-dealkylation sites (tertiary alicyclic amines) is 1. The van der Waals surface area contributed by atoms with E-state index in [4.69, 9.17) is 0 Å². The summed E-state index contributed by atoms with van der Waals surface area (Å²) < 4.78 is 13.3. The highest BCUT2D eigenvalue weighted by Gasteiger charge is 2.53. The second-order valence-electron chi connectivity index (χ2n) is 9.90. The number of hydrogen-bond acceptors (Lipinski definition) is 6. The lowest BCUT2D eigenvalue weighted by Crippen LogP contribution is -2.60. The van der Waals surface area contributed by atoms with E-state index in [1.807, 2.05) is 36.7 Å². The van der Waals surface area contributed by atoms with Crippen LogP contribution in [0.15, 0.2) is 29.8 Å². The average molecular weight is 519 g/mol. The summed E-state index contributed by atoms with van der Waals surface area (Å²) in [5.41, 5.74) is 2.93. The van der Waals surface area contributed by atoms with Crippen molar-refractivity contribution >= 4 is 41.7 Å². The number of hydrogen-bond donors (Lipinski definition) is 3. The van der Waals surface area contributed by atoms with Crippen LogP contribution >= 0.6 is 24.0 Å². The van der Waals surface area contributed by atoms with Crippen LogP contribution in [0.2, 0.25) is 0 Å². The summed E-state index contributed by atoms with van der Waals surface area (Å²) in [7, 11) is 0. The number of carbonyl (C=O) groups is 3. The molecule has 2 aromatic rings. The van der Waals surface area contributed by atoms with Crippen LogP contribution in [-0.2, 0) is 20.9 Å². The van der Waals surface area contributed by atoms with Crippen molar-refractivity contribution in [2.75, 3.05) is 6.54 Å². The number of thiazole rings is 1. The Morgan fingerprint density at radius 1 is 1.29 bits per heavy atom. The largest absolute Gasteiger partial charge is 0.350 e. The molecule has 2 heterocycles. The van der Waals surface area contributed by atoms with Gasteiger partial charge >= 0.3 is 0 Å². The molecule has 0 bridgehead atoms. The van der Waals surface area contributed by atoms with Gasteiger partial charge in [0, 0.05) is 17.8 Å². The number of halogens is 1. The van der Waals surface area contributed by atoms with Crippen LogP contribution in [0.1, 0.15) is 50.8 Å². The van der Waals surface area contributed by atoms with Gasteiger partial charge in [-0.3, -0.25) is 14.4 Å². The first-order valence-corrected chi connectivity index (χ1v) is 13.1. The standard InChI is InChI=1S/C25H31FN4O3S2/c1-15-19(35-14-28-15)17-8-6-16(7-9-17)13-27-21(31)18-5-4-12-30(18)22(32)20(24(2,3)34)29-23(33)25(26)10-11-25/h6-9,14,18,20,34H,4-5,10-13H2,1-3H3,(H,27,31)(H,29,33)/t18-,20?/m0/s1. The number of amides is 3. The molecule has 188 valence electrons. The maximum Gasteiger partial charge on any atom is 0.258 e. The van der Waals surface area contributed by atoms with Crippen molar-refractivity contribution in [3.63, 3.8) is 0 Å². The van der Waals surface area contributed by atoms with Crippen LogP contribution in [0.4, 0.5) is 4.39 Å². The fourth-order valence-electron chi connectivity index (χ4n) is 4.27. The predicted molar refractivity (Wildman–Crippen MR) is 137 cm³/mol. The van der Waals surface area contributed by atoms with E-state index < -0.39 is 34.3 Å². The molecule has 1 aromatic heterocycles. The van der Waals surface area contributed by atoms with Crippen molar-refractivity contribution < 1.29 is 18.8 Å². The van der Waals surface area contributed by atoms with Crippen molar-refractivity contribution in [3.05, 3.63) is 41.0 Å². The van der Waals surface area contributed by atoms with Crippen LogP contribution in [0.25, 0.3) is 10.4 Å². The smallest absolute Gasteiger partial charge is 0.258 e. The molecule has 1 saturated carbocycles. The number of aromatic nitrogens is 1. The van der Waals surface area contributed by atoms with Gasteiger partial charge < -0.3 is 15.5 Å². The Labute approximate surface area is 214 Å². The third kappa shape index (κ3) is 5.69. The van der Waals surface area contributed by atoms with E-state index in [1.165, 1.54) is 4.90 Å². The Morgan fingerprint density at radius 2 is 1.97 bits per heavy atom. The summed E-state index contributed by atoms with van der Waals surface area (Å²) in [5, 5.41) is 5.49. The van der Waals surface area contributed by atoms with Gasteiger partial charge in [-0.25, -0.2) is 9.37 Å². The van der Waals surface area contributed by atoms with Crippen molar-refractivity contribution in [1.29, 1.82) is 0 Å². The van der Waals surface area contributed by atoms with Crippen molar-refractivity contribution in [3.8, 4) is 10.4 Å². The Hall–Kier alpha value is -2.46. The molecule has 2 fully saturated rings. The minimum atomic E-state index is -1.90. The third-order valence-corrected chi connectivity index (χ3v) is 7.83. The number of alkyl halides is 1. The Kier molecular flexibility index (Phi) is 7.24. The molecule has 0 spiro atoms. The molecular weight excluding hydrogens is 487 g/mol. The van der Waals surface area contributed by atoms with Crippen LogP contribution in [-0.4, -0.2) is 56.6 Å². The van der Waals surface area contributed by atoms with Gasteiger partial charge in [-0.1, -0.05) is 24.3 Å². The number of nitrogens with zero attached hydrogens (tertiary/aromatic N) is 2. The first kappa shape index (κ1) is 25.6. The highest BCUT2D eigenvalue weighted by atomic mass is 32.1. The second-order valence-corrected chi connectivity index (χ2v) is 11.9. The van der Waals surface area contributed by atoms with Gasteiger partial charge in [0.15, 0.2) is 5.67 Å². The van der Waals surface area contributed by atoms with Gasteiger partial charge in [0.05, 0.1) is 16.1 Å². The summed E-state index contributed by atoms with van der Waals surface area (Å²) in [6.07, 6.45) is 1.52. The molecule has 10 heteroatoms. The summed E-state index contributed by atoms with van der Waals surface area (Å²) >= 11 is 6.08. The molecule has 2 atom stereocenters. The topological polar surface area (TPSA) is 91.4 Å². The molecule has 1 aliphatic carbocycles. The van der Waals surface area contributed by atoms with Crippen LogP contribution in [0, 0.1) is 6.92 Å². The molecule has 1 aromatic carbocycles. The van der Waals surface area contributed by atoms with Crippen LogP contribution < -0.4 is 10.6 Å². The molecule has 7 nitrogen and oxygen atoms in total. The van der Waals surface area contributed by atoms with E-state index in [0.29, 0.717) is 25.9 Å². The number of aryl methyl sites for hydroxylation is 1. The maximum atomic E-state index is 14.2. The molecule has 3 amide bonds. The van der Waals surface area contributed by atoms with E-state index in [9.17, 15) is 18.8 Å². The summed E-state index contributed by atoms with van der Waals surface area (Å²) in [6.45, 7) is 6.10. The van der Waals surface area contributed by atoms with E-state index in [0.717, 1.165) is 21.7 Å². The van der Waals surface area contributed by atoms with Crippen LogP contribution in [0.5, 0.6) is 0 Å². The summed E-state index contributed by atoms with van der Waals surface area (Å²) in [6, 6.07) is 6.26. The normalized spacial score (nSPS) is 19.8. The summed E-state index contributed by atoms with van der Waals surface area (Å²) in [5.74, 6) is -1.44. The van der Waals surface area contributed by atoms with Gasteiger partial charge in [0.1, 0.15) is 12.1 Å². The average Bonchev–Trinajstić information content (AvgIpc) is 3.20. The van der Waals surface area contributed by atoms with Crippen molar-refractivity contribution in [1.82, 2.24) is 20.5 Å². The van der Waals surface area contributed by atoms with Gasteiger partial charge in [-0.15, -0.1) is 11.3 Å². The second kappa shape index (κ2) is 9.89. The number of thiol groups is 1. The lowest BCUT2D eigenvalue weighted by atomic mass is 10.0. The van der Waals surface area contributed by atoms with Gasteiger partial charge in [0.25, 0.3) is 5.91 Å². The number of nitrogens with one attached hydrogen (secondary N) is 2. The first-order chi connectivity index (χ1) is 16.5. The van der Waals surface area contributed by atoms with Gasteiger partial charge in [-0.2, -0.15) is 12.6 Å². The van der Waals surface area contributed by atoms with Gasteiger partial charge in [-0.05, 0) is 57.6 Å². The fourth-order valence-corrected chi connectivity index (χ4v) is 5.25. The quantitative estimate of drug-likeness (QED) is 0.467.